The molecule has 0 aliphatic carbocycles. The predicted molar refractivity (Wildman–Crippen MR) is 71.5 cm³/mol. The maximum atomic E-state index is 14.0. The fourth-order valence-electron chi connectivity index (χ4n) is 2.27. The molecule has 0 bridgehead atoms. The van der Waals surface area contributed by atoms with E-state index in [0.29, 0.717) is 11.5 Å². The summed E-state index contributed by atoms with van der Waals surface area (Å²) in [5, 5.41) is 8.87. The molecule has 1 aliphatic rings. The van der Waals surface area contributed by atoms with Crippen molar-refractivity contribution in [1.82, 2.24) is 4.90 Å². The van der Waals surface area contributed by atoms with Crippen LogP contribution in [0.3, 0.4) is 0 Å². The Morgan fingerprint density at radius 3 is 2.57 bits per heavy atom. The van der Waals surface area contributed by atoms with Crippen LogP contribution in [0.5, 0.6) is 11.5 Å². The summed E-state index contributed by atoms with van der Waals surface area (Å²) in [5.41, 5.74) is -2.17. The van der Waals surface area contributed by atoms with Crippen LogP contribution in [0.1, 0.15) is 16.8 Å². The number of aliphatic carboxylic acids is 1. The van der Waals surface area contributed by atoms with Gasteiger partial charge in [-0.05, 0) is 18.2 Å². The van der Waals surface area contributed by atoms with E-state index in [1.807, 2.05) is 0 Å². The number of carbonyl (C=O) groups excluding carboxylic acids is 1. The third-order valence-corrected chi connectivity index (χ3v) is 3.53. The van der Waals surface area contributed by atoms with Gasteiger partial charge in [0.2, 0.25) is 5.67 Å². The SMILES string of the molecule is COc1ccc(OC)c(C(=O)N2CCC(F)(C(=O)O)C2)c1. The molecule has 7 heteroatoms. The van der Waals surface area contributed by atoms with E-state index in [-0.39, 0.29) is 18.5 Å². The van der Waals surface area contributed by atoms with E-state index in [1.165, 1.54) is 25.2 Å². The predicted octanol–water partition coefficient (Wildman–Crippen LogP) is 1.34. The number of hydrogen-bond acceptors (Lipinski definition) is 4. The summed E-state index contributed by atoms with van der Waals surface area (Å²) in [5.74, 6) is -1.24. The fraction of sp³-hybridized carbons (Fsp3) is 0.429. The number of carbonyl (C=O) groups is 2. The van der Waals surface area contributed by atoms with Gasteiger partial charge in [0.05, 0.1) is 26.3 Å². The maximum absolute atomic E-state index is 14.0. The zero-order valence-electron chi connectivity index (χ0n) is 11.8. The molecule has 0 aromatic heterocycles. The number of alkyl halides is 1. The summed E-state index contributed by atoms with van der Waals surface area (Å²) >= 11 is 0. The highest BCUT2D eigenvalue weighted by atomic mass is 19.1. The number of nitrogens with zero attached hydrogens (tertiary/aromatic N) is 1. The number of likely N-dealkylation sites (tertiary alicyclic amines) is 1. The van der Waals surface area contributed by atoms with Crippen LogP contribution < -0.4 is 9.47 Å². The van der Waals surface area contributed by atoms with E-state index in [9.17, 15) is 14.0 Å². The van der Waals surface area contributed by atoms with Crippen molar-refractivity contribution in [2.75, 3.05) is 27.3 Å². The average Bonchev–Trinajstić information content (AvgIpc) is 2.89. The van der Waals surface area contributed by atoms with E-state index in [1.54, 1.807) is 12.1 Å². The Labute approximate surface area is 121 Å². The monoisotopic (exact) mass is 297 g/mol. The minimum atomic E-state index is -2.39. The molecule has 1 saturated heterocycles. The Hall–Kier alpha value is -2.31. The summed E-state index contributed by atoms with van der Waals surface area (Å²) in [4.78, 5) is 24.5. The molecule has 1 aliphatic heterocycles. The number of hydrogen-bond donors (Lipinski definition) is 1. The highest BCUT2D eigenvalue weighted by molar-refractivity contribution is 5.98. The molecule has 1 amide bonds. The first kappa shape index (κ1) is 15.1. The van der Waals surface area contributed by atoms with Gasteiger partial charge in [-0.15, -0.1) is 0 Å². The van der Waals surface area contributed by atoms with Crippen LogP contribution in [0.15, 0.2) is 18.2 Å². The minimum absolute atomic E-state index is 0.0436. The number of ether oxygens (including phenoxy) is 2. The molecule has 2 rings (SSSR count). The third-order valence-electron chi connectivity index (χ3n) is 3.53. The lowest BCUT2D eigenvalue weighted by Gasteiger charge is -2.19. The van der Waals surface area contributed by atoms with Gasteiger partial charge in [0.25, 0.3) is 5.91 Å². The lowest BCUT2D eigenvalue weighted by atomic mass is 10.1. The molecule has 0 radical (unpaired) electrons. The fourth-order valence-corrected chi connectivity index (χ4v) is 2.27. The zero-order chi connectivity index (χ0) is 15.6. The van der Waals surface area contributed by atoms with Crippen molar-refractivity contribution in [3.05, 3.63) is 23.8 Å². The third kappa shape index (κ3) is 2.76. The van der Waals surface area contributed by atoms with E-state index in [4.69, 9.17) is 14.6 Å². The van der Waals surface area contributed by atoms with Gasteiger partial charge in [0, 0.05) is 13.0 Å². The number of benzene rings is 1. The smallest absolute Gasteiger partial charge is 0.343 e. The van der Waals surface area contributed by atoms with E-state index in [0.717, 1.165) is 0 Å². The van der Waals surface area contributed by atoms with Crippen molar-refractivity contribution in [3.8, 4) is 11.5 Å². The highest BCUT2D eigenvalue weighted by Gasteiger charge is 2.47. The van der Waals surface area contributed by atoms with Crippen LogP contribution in [0.4, 0.5) is 4.39 Å². The lowest BCUT2D eigenvalue weighted by Crippen LogP contribution is -2.39. The first-order valence-corrected chi connectivity index (χ1v) is 6.35. The van der Waals surface area contributed by atoms with Crippen molar-refractivity contribution < 1.29 is 28.6 Å². The van der Waals surface area contributed by atoms with Gasteiger partial charge in [-0.25, -0.2) is 9.18 Å². The van der Waals surface area contributed by atoms with Crippen LogP contribution >= 0.6 is 0 Å². The second-order valence-electron chi connectivity index (χ2n) is 4.81. The van der Waals surface area contributed by atoms with Crippen LogP contribution in [-0.2, 0) is 4.79 Å². The van der Waals surface area contributed by atoms with Gasteiger partial charge in [0.15, 0.2) is 0 Å². The summed E-state index contributed by atoms with van der Waals surface area (Å²) in [6.45, 7) is -0.427. The molecular formula is C14H16FNO5. The van der Waals surface area contributed by atoms with Crippen LogP contribution in [0.2, 0.25) is 0 Å². The second kappa shape index (κ2) is 5.59. The van der Waals surface area contributed by atoms with E-state index >= 15 is 0 Å². The summed E-state index contributed by atoms with van der Waals surface area (Å²) in [6, 6.07) is 4.69. The normalized spacial score (nSPS) is 21.2. The van der Waals surface area contributed by atoms with Gasteiger partial charge in [-0.2, -0.15) is 0 Å². The molecule has 1 aromatic rings. The van der Waals surface area contributed by atoms with Crippen molar-refractivity contribution in [2.45, 2.75) is 12.1 Å². The number of amides is 1. The van der Waals surface area contributed by atoms with E-state index < -0.39 is 24.1 Å². The van der Waals surface area contributed by atoms with Crippen molar-refractivity contribution in [2.24, 2.45) is 0 Å². The van der Waals surface area contributed by atoms with Crippen LogP contribution in [0.25, 0.3) is 0 Å². The number of methoxy groups -OCH3 is 2. The minimum Gasteiger partial charge on any atom is -0.497 e. The Morgan fingerprint density at radius 1 is 1.33 bits per heavy atom. The summed E-state index contributed by atoms with van der Waals surface area (Å²) < 4.78 is 24.2. The largest absolute Gasteiger partial charge is 0.497 e. The van der Waals surface area contributed by atoms with Crippen molar-refractivity contribution in [1.29, 1.82) is 0 Å². The topological polar surface area (TPSA) is 76.1 Å². The van der Waals surface area contributed by atoms with Gasteiger partial charge in [0.1, 0.15) is 11.5 Å². The zero-order valence-corrected chi connectivity index (χ0v) is 11.8. The molecule has 1 atom stereocenters. The van der Waals surface area contributed by atoms with E-state index in [2.05, 4.69) is 0 Å². The quantitative estimate of drug-likeness (QED) is 0.907. The lowest BCUT2D eigenvalue weighted by molar-refractivity contribution is -0.149. The van der Waals surface area contributed by atoms with Gasteiger partial charge in [-0.1, -0.05) is 0 Å². The van der Waals surface area contributed by atoms with Crippen molar-refractivity contribution >= 4 is 11.9 Å². The Bertz CT molecular complexity index is 576. The molecule has 1 unspecified atom stereocenters. The average molecular weight is 297 g/mol. The van der Waals surface area contributed by atoms with Gasteiger partial charge in [-0.3, -0.25) is 4.79 Å². The van der Waals surface area contributed by atoms with Crippen LogP contribution in [0, 0.1) is 0 Å². The summed E-state index contributed by atoms with van der Waals surface area (Å²) in [6.07, 6.45) is -0.222. The molecule has 0 saturated carbocycles. The molecule has 1 N–H and O–H groups in total. The van der Waals surface area contributed by atoms with Crippen molar-refractivity contribution in [3.63, 3.8) is 0 Å². The van der Waals surface area contributed by atoms with Crippen LogP contribution in [-0.4, -0.2) is 54.9 Å². The van der Waals surface area contributed by atoms with Gasteiger partial charge >= 0.3 is 5.97 Å². The standard InChI is InChI=1S/C14H16FNO5/c1-20-9-3-4-11(21-2)10(7-9)12(17)16-6-5-14(15,8-16)13(18)19/h3-4,7H,5-6,8H2,1-2H3,(H,18,19). The second-order valence-corrected chi connectivity index (χ2v) is 4.81. The molecule has 6 nitrogen and oxygen atoms in total. The number of carboxylic acids is 1. The molecule has 114 valence electrons. The van der Waals surface area contributed by atoms with Gasteiger partial charge < -0.3 is 19.5 Å². The molecule has 1 heterocycles. The first-order chi connectivity index (χ1) is 9.91. The Kier molecular flexibility index (Phi) is 4.02. The molecule has 21 heavy (non-hydrogen) atoms. The summed E-state index contributed by atoms with van der Waals surface area (Å²) in [7, 11) is 2.88. The molecular weight excluding hydrogens is 281 g/mol. The Balaban J connectivity index is 2.27. The highest BCUT2D eigenvalue weighted by Crippen LogP contribution is 2.30. The molecule has 1 fully saturated rings. The maximum Gasteiger partial charge on any atom is 0.343 e. The number of rotatable bonds is 4. The molecule has 1 aromatic carbocycles. The number of carboxylic acid groups (broad SMARTS) is 1. The number of halogens is 1. The Morgan fingerprint density at radius 2 is 2.05 bits per heavy atom. The molecule has 0 spiro atoms. The first-order valence-electron chi connectivity index (χ1n) is 6.35.